The van der Waals surface area contributed by atoms with Crippen LogP contribution in [0.2, 0.25) is 10.0 Å². The molecule has 1 fully saturated rings. The Morgan fingerprint density at radius 2 is 1.96 bits per heavy atom. The van der Waals surface area contributed by atoms with Crippen LogP contribution in [-0.2, 0) is 19.1 Å². The molecule has 1 aliphatic rings. The highest BCUT2D eigenvalue weighted by Crippen LogP contribution is 2.39. The molecule has 0 atom stereocenters. The SMILES string of the molecule is CCOC(=O)C(C(N)=O)=C(O)c1ccc(Cl)c(N2CCOCC2)c1Cl. The van der Waals surface area contributed by atoms with Crippen molar-refractivity contribution >= 4 is 46.5 Å². The van der Waals surface area contributed by atoms with Gasteiger partial charge in [0.25, 0.3) is 5.91 Å². The summed E-state index contributed by atoms with van der Waals surface area (Å²) < 4.78 is 10.1. The lowest BCUT2D eigenvalue weighted by atomic mass is 10.1. The molecule has 1 aromatic carbocycles. The number of nitrogens with two attached hydrogens (primary N) is 1. The van der Waals surface area contributed by atoms with Gasteiger partial charge in [-0.25, -0.2) is 4.79 Å². The van der Waals surface area contributed by atoms with Gasteiger partial charge in [-0.05, 0) is 19.1 Å². The van der Waals surface area contributed by atoms with E-state index in [1.165, 1.54) is 12.1 Å². The Hall–Kier alpha value is -1.96. The van der Waals surface area contributed by atoms with Crippen LogP contribution >= 0.6 is 23.2 Å². The Morgan fingerprint density at radius 3 is 2.52 bits per heavy atom. The molecule has 25 heavy (non-hydrogen) atoms. The van der Waals surface area contributed by atoms with Gasteiger partial charge >= 0.3 is 5.97 Å². The molecule has 7 nitrogen and oxygen atoms in total. The fourth-order valence-corrected chi connectivity index (χ4v) is 3.15. The molecule has 0 aromatic heterocycles. The molecule has 1 aliphatic heterocycles. The fourth-order valence-electron chi connectivity index (χ4n) is 2.45. The number of carbonyl (C=O) groups excluding carboxylic acids is 2. The van der Waals surface area contributed by atoms with Crippen molar-refractivity contribution in [1.82, 2.24) is 0 Å². The van der Waals surface area contributed by atoms with Crippen molar-refractivity contribution in [3.8, 4) is 0 Å². The van der Waals surface area contributed by atoms with Gasteiger partial charge in [0.2, 0.25) is 0 Å². The van der Waals surface area contributed by atoms with Crippen molar-refractivity contribution in [2.24, 2.45) is 5.73 Å². The summed E-state index contributed by atoms with van der Waals surface area (Å²) in [5.74, 6) is -2.79. The van der Waals surface area contributed by atoms with Gasteiger partial charge in [0, 0.05) is 18.7 Å². The maximum absolute atomic E-state index is 11.9. The molecule has 9 heteroatoms. The van der Waals surface area contributed by atoms with Gasteiger partial charge in [0.1, 0.15) is 5.76 Å². The average Bonchev–Trinajstić information content (AvgIpc) is 2.56. The molecule has 0 saturated carbocycles. The molecule has 136 valence electrons. The molecule has 2 rings (SSSR count). The third-order valence-corrected chi connectivity index (χ3v) is 4.30. The number of nitrogens with zero attached hydrogens (tertiary/aromatic N) is 1. The fraction of sp³-hybridized carbons (Fsp3) is 0.375. The van der Waals surface area contributed by atoms with Crippen LogP contribution in [0.15, 0.2) is 17.7 Å². The van der Waals surface area contributed by atoms with E-state index >= 15 is 0 Å². The second-order valence-electron chi connectivity index (χ2n) is 5.17. The van der Waals surface area contributed by atoms with Crippen LogP contribution in [0.1, 0.15) is 12.5 Å². The number of hydrogen-bond acceptors (Lipinski definition) is 6. The first-order valence-corrected chi connectivity index (χ1v) is 8.35. The van der Waals surface area contributed by atoms with Crippen molar-refractivity contribution in [3.05, 3.63) is 33.3 Å². The number of morpholine rings is 1. The second-order valence-corrected chi connectivity index (χ2v) is 5.95. The third kappa shape index (κ3) is 4.18. The molecule has 0 unspecified atom stereocenters. The number of benzene rings is 1. The van der Waals surface area contributed by atoms with E-state index in [2.05, 4.69) is 0 Å². The first kappa shape index (κ1) is 19.4. The average molecular weight is 389 g/mol. The second kappa shape index (κ2) is 8.42. The molecule has 3 N–H and O–H groups in total. The van der Waals surface area contributed by atoms with Gasteiger partial charge in [-0.1, -0.05) is 23.2 Å². The number of aliphatic hydroxyl groups is 1. The summed E-state index contributed by atoms with van der Waals surface area (Å²) >= 11 is 12.7. The van der Waals surface area contributed by atoms with Crippen LogP contribution in [0.3, 0.4) is 0 Å². The van der Waals surface area contributed by atoms with E-state index in [-0.39, 0.29) is 17.2 Å². The minimum absolute atomic E-state index is 0.0241. The molecule has 0 aliphatic carbocycles. The lowest BCUT2D eigenvalue weighted by Crippen LogP contribution is -2.36. The van der Waals surface area contributed by atoms with Gasteiger partial charge in [-0.2, -0.15) is 0 Å². The zero-order chi connectivity index (χ0) is 18.6. The summed E-state index contributed by atoms with van der Waals surface area (Å²) in [7, 11) is 0. The number of carbonyl (C=O) groups is 2. The highest BCUT2D eigenvalue weighted by Gasteiger charge is 2.27. The lowest BCUT2D eigenvalue weighted by molar-refractivity contribution is -0.139. The summed E-state index contributed by atoms with van der Waals surface area (Å²) in [6.07, 6.45) is 0. The summed E-state index contributed by atoms with van der Waals surface area (Å²) in [5, 5.41) is 10.9. The van der Waals surface area contributed by atoms with E-state index in [0.717, 1.165) is 0 Å². The van der Waals surface area contributed by atoms with Gasteiger partial charge in [-0.15, -0.1) is 0 Å². The summed E-state index contributed by atoms with van der Waals surface area (Å²) in [5.41, 5.74) is 5.10. The summed E-state index contributed by atoms with van der Waals surface area (Å²) in [6, 6.07) is 2.93. The number of halogens is 2. The third-order valence-electron chi connectivity index (χ3n) is 3.61. The maximum atomic E-state index is 11.9. The smallest absolute Gasteiger partial charge is 0.347 e. The number of anilines is 1. The van der Waals surface area contributed by atoms with E-state index in [4.69, 9.17) is 38.4 Å². The molecular weight excluding hydrogens is 371 g/mol. The molecule has 1 heterocycles. The zero-order valence-corrected chi connectivity index (χ0v) is 15.1. The highest BCUT2D eigenvalue weighted by molar-refractivity contribution is 6.40. The van der Waals surface area contributed by atoms with Gasteiger partial charge in [-0.3, -0.25) is 4.79 Å². The molecule has 0 radical (unpaired) electrons. The highest BCUT2D eigenvalue weighted by atomic mass is 35.5. The zero-order valence-electron chi connectivity index (χ0n) is 13.6. The monoisotopic (exact) mass is 388 g/mol. The molecule has 1 aromatic rings. The van der Waals surface area contributed by atoms with Gasteiger partial charge < -0.3 is 25.2 Å². The Balaban J connectivity index is 2.55. The van der Waals surface area contributed by atoms with Crippen molar-refractivity contribution in [2.45, 2.75) is 6.92 Å². The van der Waals surface area contributed by atoms with Crippen LogP contribution < -0.4 is 10.6 Å². The van der Waals surface area contributed by atoms with E-state index < -0.39 is 23.2 Å². The normalized spacial score (nSPS) is 15.6. The molecule has 1 amide bonds. The van der Waals surface area contributed by atoms with Gasteiger partial charge in [0.15, 0.2) is 5.57 Å². The van der Waals surface area contributed by atoms with E-state index in [1.54, 1.807) is 6.92 Å². The number of amides is 1. The number of ether oxygens (including phenoxy) is 2. The number of esters is 1. The van der Waals surface area contributed by atoms with Crippen molar-refractivity contribution in [2.75, 3.05) is 37.8 Å². The summed E-state index contributed by atoms with van der Waals surface area (Å²) in [6.45, 7) is 3.74. The predicted octanol–water partition coefficient (Wildman–Crippen LogP) is 2.15. The van der Waals surface area contributed by atoms with Gasteiger partial charge in [0.05, 0.1) is 35.6 Å². The van der Waals surface area contributed by atoms with Crippen LogP contribution in [0.25, 0.3) is 5.76 Å². The van der Waals surface area contributed by atoms with Crippen molar-refractivity contribution in [3.63, 3.8) is 0 Å². The van der Waals surface area contributed by atoms with Crippen molar-refractivity contribution in [1.29, 1.82) is 0 Å². The minimum atomic E-state index is -1.12. The first-order chi connectivity index (χ1) is 11.9. The van der Waals surface area contributed by atoms with Crippen LogP contribution in [0, 0.1) is 0 Å². The number of rotatable bonds is 5. The minimum Gasteiger partial charge on any atom is -0.506 e. The van der Waals surface area contributed by atoms with E-state index in [0.29, 0.717) is 37.0 Å². The Bertz CT molecular complexity index is 715. The largest absolute Gasteiger partial charge is 0.506 e. The predicted molar refractivity (Wildman–Crippen MR) is 94.9 cm³/mol. The van der Waals surface area contributed by atoms with E-state index in [9.17, 15) is 14.7 Å². The standard InChI is InChI=1S/C16H18Cl2N2O5/c1-2-25-16(23)11(15(19)22)14(21)9-3-4-10(17)13(12(9)18)20-5-7-24-8-6-20/h3-4,21H,2,5-8H2,1H3,(H2,19,22). The summed E-state index contributed by atoms with van der Waals surface area (Å²) in [4.78, 5) is 25.4. The van der Waals surface area contributed by atoms with Crippen LogP contribution in [0.5, 0.6) is 0 Å². The topological polar surface area (TPSA) is 102 Å². The van der Waals surface area contributed by atoms with Crippen LogP contribution in [-0.4, -0.2) is 49.9 Å². The Labute approximate surface area is 154 Å². The molecule has 0 spiro atoms. The number of hydrogen-bond donors (Lipinski definition) is 2. The molecule has 0 bridgehead atoms. The van der Waals surface area contributed by atoms with Crippen LogP contribution in [0.4, 0.5) is 5.69 Å². The number of primary amides is 1. The van der Waals surface area contributed by atoms with Crippen molar-refractivity contribution < 1.29 is 24.2 Å². The maximum Gasteiger partial charge on any atom is 0.347 e. The lowest BCUT2D eigenvalue weighted by Gasteiger charge is -2.31. The van der Waals surface area contributed by atoms with E-state index in [1.807, 2.05) is 4.90 Å². The Morgan fingerprint density at radius 1 is 1.32 bits per heavy atom. The number of aliphatic hydroxyl groups excluding tert-OH is 1. The Kier molecular flexibility index (Phi) is 6.52. The molecular formula is C16H18Cl2N2O5. The first-order valence-electron chi connectivity index (χ1n) is 7.59. The molecule has 1 saturated heterocycles. The quantitative estimate of drug-likeness (QED) is 0.263.